The summed E-state index contributed by atoms with van der Waals surface area (Å²) in [4.78, 5) is 11.9. The van der Waals surface area contributed by atoms with Crippen molar-refractivity contribution >= 4 is 29.6 Å². The molecule has 0 heterocycles. The van der Waals surface area contributed by atoms with Crippen LogP contribution in [0.2, 0.25) is 0 Å². The lowest BCUT2D eigenvalue weighted by molar-refractivity contribution is 0.262. The molecule has 3 rings (SSSR count). The van der Waals surface area contributed by atoms with E-state index in [1.807, 2.05) is 54.6 Å². The van der Waals surface area contributed by atoms with Crippen LogP contribution in [0.4, 0.5) is 25.0 Å². The second-order valence-electron chi connectivity index (χ2n) is 5.57. The van der Waals surface area contributed by atoms with Crippen molar-refractivity contribution in [3.05, 3.63) is 95.6 Å². The number of hydrogen-bond acceptors (Lipinski definition) is 1. The SMILES string of the molecule is O=C(Nc1ccc(/C=C/c2ccccc2)cc1)Nc1ccc(F)cc1F. The van der Waals surface area contributed by atoms with E-state index in [2.05, 4.69) is 10.6 Å². The van der Waals surface area contributed by atoms with Crippen LogP contribution in [0, 0.1) is 11.6 Å². The zero-order chi connectivity index (χ0) is 18.4. The summed E-state index contributed by atoms with van der Waals surface area (Å²) >= 11 is 0. The number of anilines is 2. The minimum absolute atomic E-state index is 0.0914. The maximum atomic E-state index is 13.5. The van der Waals surface area contributed by atoms with Gasteiger partial charge in [-0.1, -0.05) is 54.6 Å². The summed E-state index contributed by atoms with van der Waals surface area (Å²) in [5.74, 6) is -1.53. The number of halogens is 2. The Balaban J connectivity index is 1.60. The van der Waals surface area contributed by atoms with Gasteiger partial charge in [0.2, 0.25) is 0 Å². The summed E-state index contributed by atoms with van der Waals surface area (Å²) in [7, 11) is 0. The fourth-order valence-electron chi connectivity index (χ4n) is 2.31. The Bertz CT molecular complexity index is 923. The van der Waals surface area contributed by atoms with Crippen LogP contribution < -0.4 is 10.6 Å². The first kappa shape index (κ1) is 17.4. The zero-order valence-corrected chi connectivity index (χ0v) is 13.7. The van der Waals surface area contributed by atoms with Crippen molar-refractivity contribution in [2.75, 3.05) is 10.6 Å². The van der Waals surface area contributed by atoms with Crippen molar-refractivity contribution in [1.82, 2.24) is 0 Å². The number of carbonyl (C=O) groups excluding carboxylic acids is 1. The second-order valence-corrected chi connectivity index (χ2v) is 5.57. The molecule has 0 aromatic heterocycles. The lowest BCUT2D eigenvalue weighted by Gasteiger charge is -2.08. The van der Waals surface area contributed by atoms with Gasteiger partial charge in [-0.05, 0) is 35.4 Å². The molecule has 3 aromatic rings. The van der Waals surface area contributed by atoms with Crippen LogP contribution in [0.5, 0.6) is 0 Å². The third-order valence-corrected chi connectivity index (χ3v) is 3.62. The maximum Gasteiger partial charge on any atom is 0.323 e. The van der Waals surface area contributed by atoms with E-state index in [1.165, 1.54) is 6.07 Å². The zero-order valence-electron chi connectivity index (χ0n) is 13.7. The number of amides is 2. The summed E-state index contributed by atoms with van der Waals surface area (Å²) < 4.78 is 26.4. The van der Waals surface area contributed by atoms with E-state index in [-0.39, 0.29) is 5.69 Å². The van der Waals surface area contributed by atoms with Gasteiger partial charge in [-0.3, -0.25) is 0 Å². The molecule has 3 nitrogen and oxygen atoms in total. The standard InChI is InChI=1S/C21H16F2N2O/c22-17-10-13-20(19(23)14-17)25-21(26)24-18-11-8-16(9-12-18)7-6-15-4-2-1-3-5-15/h1-14H,(H2,24,25,26)/b7-6+. The number of rotatable bonds is 4. The van der Waals surface area contributed by atoms with Crippen molar-refractivity contribution in [3.63, 3.8) is 0 Å². The normalized spacial score (nSPS) is 10.7. The molecule has 5 heteroatoms. The Morgan fingerprint density at radius 3 is 2.08 bits per heavy atom. The van der Waals surface area contributed by atoms with E-state index in [1.54, 1.807) is 12.1 Å². The van der Waals surface area contributed by atoms with Gasteiger partial charge in [0.05, 0.1) is 5.69 Å². The van der Waals surface area contributed by atoms with Crippen molar-refractivity contribution < 1.29 is 13.6 Å². The molecule has 0 bridgehead atoms. The van der Waals surface area contributed by atoms with E-state index in [4.69, 9.17) is 0 Å². The predicted molar refractivity (Wildman–Crippen MR) is 101 cm³/mol. The Morgan fingerprint density at radius 2 is 1.42 bits per heavy atom. The Kier molecular flexibility index (Phi) is 5.39. The highest BCUT2D eigenvalue weighted by Crippen LogP contribution is 2.16. The van der Waals surface area contributed by atoms with Gasteiger partial charge in [0.15, 0.2) is 0 Å². The van der Waals surface area contributed by atoms with Crippen LogP contribution in [-0.2, 0) is 0 Å². The first-order valence-corrected chi connectivity index (χ1v) is 7.96. The van der Waals surface area contributed by atoms with E-state index in [9.17, 15) is 13.6 Å². The highest BCUT2D eigenvalue weighted by molar-refractivity contribution is 5.99. The molecular weight excluding hydrogens is 334 g/mol. The maximum absolute atomic E-state index is 13.5. The number of benzene rings is 3. The van der Waals surface area contributed by atoms with Gasteiger partial charge in [-0.15, -0.1) is 0 Å². The smallest absolute Gasteiger partial charge is 0.308 e. The third kappa shape index (κ3) is 4.77. The summed E-state index contributed by atoms with van der Waals surface area (Å²) in [5.41, 5.74) is 2.54. The molecule has 2 amide bonds. The van der Waals surface area contributed by atoms with E-state index >= 15 is 0 Å². The highest BCUT2D eigenvalue weighted by atomic mass is 19.1. The molecule has 2 N–H and O–H groups in total. The van der Waals surface area contributed by atoms with Crippen molar-refractivity contribution in [2.45, 2.75) is 0 Å². The largest absolute Gasteiger partial charge is 0.323 e. The molecule has 0 fully saturated rings. The van der Waals surface area contributed by atoms with E-state index in [0.717, 1.165) is 17.2 Å². The first-order chi connectivity index (χ1) is 12.6. The first-order valence-electron chi connectivity index (χ1n) is 7.96. The van der Waals surface area contributed by atoms with Gasteiger partial charge in [0.25, 0.3) is 0 Å². The van der Waals surface area contributed by atoms with Crippen LogP contribution in [0.1, 0.15) is 11.1 Å². The van der Waals surface area contributed by atoms with Crippen molar-refractivity contribution in [3.8, 4) is 0 Å². The predicted octanol–water partition coefficient (Wildman–Crippen LogP) is 5.78. The monoisotopic (exact) mass is 350 g/mol. The number of carbonyl (C=O) groups is 1. The fraction of sp³-hybridized carbons (Fsp3) is 0. The van der Waals surface area contributed by atoms with Crippen LogP contribution in [0.15, 0.2) is 72.8 Å². The molecule has 3 aromatic carbocycles. The summed E-state index contributed by atoms with van der Waals surface area (Å²) in [6.45, 7) is 0. The lowest BCUT2D eigenvalue weighted by atomic mass is 10.1. The Labute approximate surface area is 150 Å². The lowest BCUT2D eigenvalue weighted by Crippen LogP contribution is -2.20. The van der Waals surface area contributed by atoms with Crippen molar-refractivity contribution in [2.24, 2.45) is 0 Å². The van der Waals surface area contributed by atoms with Gasteiger partial charge in [0, 0.05) is 11.8 Å². The van der Waals surface area contributed by atoms with E-state index < -0.39 is 17.7 Å². The molecule has 0 radical (unpaired) electrons. The van der Waals surface area contributed by atoms with Gasteiger partial charge < -0.3 is 10.6 Å². The molecule has 0 aliphatic heterocycles. The molecule has 26 heavy (non-hydrogen) atoms. The number of nitrogens with one attached hydrogen (secondary N) is 2. The fourth-order valence-corrected chi connectivity index (χ4v) is 2.31. The second kappa shape index (κ2) is 8.07. The topological polar surface area (TPSA) is 41.1 Å². The Hall–Kier alpha value is -3.47. The van der Waals surface area contributed by atoms with Gasteiger partial charge in [-0.25, -0.2) is 13.6 Å². The molecule has 0 aliphatic rings. The Morgan fingerprint density at radius 1 is 0.769 bits per heavy atom. The van der Waals surface area contributed by atoms with Crippen molar-refractivity contribution in [1.29, 1.82) is 0 Å². The van der Waals surface area contributed by atoms with Crippen LogP contribution >= 0.6 is 0 Å². The molecule has 0 saturated heterocycles. The molecule has 0 aliphatic carbocycles. The molecule has 0 unspecified atom stereocenters. The molecule has 130 valence electrons. The quantitative estimate of drug-likeness (QED) is 0.576. The minimum Gasteiger partial charge on any atom is -0.308 e. The molecule has 0 atom stereocenters. The minimum atomic E-state index is -0.832. The third-order valence-electron chi connectivity index (χ3n) is 3.62. The van der Waals surface area contributed by atoms with Crippen LogP contribution in [0.25, 0.3) is 12.2 Å². The molecule has 0 saturated carbocycles. The van der Waals surface area contributed by atoms with Gasteiger partial charge in [0.1, 0.15) is 11.6 Å². The average molecular weight is 350 g/mol. The summed E-state index contributed by atoms with van der Waals surface area (Å²) in [6.07, 6.45) is 3.96. The molecular formula is C21H16F2N2O. The van der Waals surface area contributed by atoms with E-state index in [0.29, 0.717) is 11.8 Å². The number of hydrogen-bond donors (Lipinski definition) is 2. The average Bonchev–Trinajstić information content (AvgIpc) is 2.64. The van der Waals surface area contributed by atoms with Crippen LogP contribution in [0.3, 0.4) is 0 Å². The summed E-state index contributed by atoms with van der Waals surface area (Å²) in [6, 6.07) is 19.4. The van der Waals surface area contributed by atoms with Gasteiger partial charge >= 0.3 is 6.03 Å². The summed E-state index contributed by atoms with van der Waals surface area (Å²) in [5, 5.41) is 4.94. The highest BCUT2D eigenvalue weighted by Gasteiger charge is 2.08. The number of urea groups is 1. The molecule has 0 spiro atoms. The van der Waals surface area contributed by atoms with Gasteiger partial charge in [-0.2, -0.15) is 0 Å². The van der Waals surface area contributed by atoms with Crippen LogP contribution in [-0.4, -0.2) is 6.03 Å².